The van der Waals surface area contributed by atoms with E-state index in [9.17, 15) is 4.39 Å². The van der Waals surface area contributed by atoms with Crippen molar-refractivity contribution in [3.8, 4) is 0 Å². The van der Waals surface area contributed by atoms with Crippen LogP contribution in [0.1, 0.15) is 31.4 Å². The SMILES string of the molecule is CC1(CNC(CN)c2ccc(F)c(Cl)c2)CCCO1. The van der Waals surface area contributed by atoms with Crippen molar-refractivity contribution in [2.45, 2.75) is 31.4 Å². The predicted molar refractivity (Wildman–Crippen MR) is 74.8 cm³/mol. The highest BCUT2D eigenvalue weighted by atomic mass is 35.5. The van der Waals surface area contributed by atoms with E-state index < -0.39 is 5.82 Å². The number of benzene rings is 1. The van der Waals surface area contributed by atoms with Crippen molar-refractivity contribution in [2.75, 3.05) is 19.7 Å². The van der Waals surface area contributed by atoms with Crippen LogP contribution in [-0.2, 0) is 4.74 Å². The number of nitrogens with one attached hydrogen (secondary N) is 1. The second-order valence-corrected chi connectivity index (χ2v) is 5.65. The third-order valence-corrected chi connectivity index (χ3v) is 3.89. The Bertz CT molecular complexity index is 435. The molecule has 0 amide bonds. The Labute approximate surface area is 118 Å². The smallest absolute Gasteiger partial charge is 0.141 e. The van der Waals surface area contributed by atoms with E-state index in [1.54, 1.807) is 12.1 Å². The lowest BCUT2D eigenvalue weighted by Gasteiger charge is -2.27. The Hall–Kier alpha value is -0.680. The van der Waals surface area contributed by atoms with Gasteiger partial charge in [-0.1, -0.05) is 17.7 Å². The van der Waals surface area contributed by atoms with Gasteiger partial charge in [-0.3, -0.25) is 0 Å². The van der Waals surface area contributed by atoms with Crippen molar-refractivity contribution in [1.82, 2.24) is 5.32 Å². The summed E-state index contributed by atoms with van der Waals surface area (Å²) in [6.45, 7) is 4.06. The molecule has 106 valence electrons. The van der Waals surface area contributed by atoms with E-state index in [4.69, 9.17) is 22.1 Å². The average molecular weight is 287 g/mol. The van der Waals surface area contributed by atoms with Crippen molar-refractivity contribution in [3.05, 3.63) is 34.6 Å². The van der Waals surface area contributed by atoms with Gasteiger partial charge >= 0.3 is 0 Å². The minimum atomic E-state index is -0.410. The number of hydrogen-bond acceptors (Lipinski definition) is 3. The largest absolute Gasteiger partial charge is 0.374 e. The molecule has 1 aliphatic heterocycles. The molecule has 2 rings (SSSR count). The van der Waals surface area contributed by atoms with Crippen LogP contribution in [0.2, 0.25) is 5.02 Å². The van der Waals surface area contributed by atoms with E-state index in [0.717, 1.165) is 31.6 Å². The molecular formula is C14H20ClFN2O. The summed E-state index contributed by atoms with van der Waals surface area (Å²) >= 11 is 5.80. The highest BCUT2D eigenvalue weighted by molar-refractivity contribution is 6.30. The fraction of sp³-hybridized carbons (Fsp3) is 0.571. The van der Waals surface area contributed by atoms with Crippen LogP contribution in [0.25, 0.3) is 0 Å². The Balaban J connectivity index is 2.01. The molecular weight excluding hydrogens is 267 g/mol. The van der Waals surface area contributed by atoms with Crippen molar-refractivity contribution in [1.29, 1.82) is 0 Å². The number of hydrogen-bond donors (Lipinski definition) is 2. The average Bonchev–Trinajstić information content (AvgIpc) is 2.81. The molecule has 0 spiro atoms. The lowest BCUT2D eigenvalue weighted by atomic mass is 10.0. The Morgan fingerprint density at radius 3 is 2.95 bits per heavy atom. The van der Waals surface area contributed by atoms with E-state index in [2.05, 4.69) is 12.2 Å². The first-order chi connectivity index (χ1) is 9.04. The molecule has 1 aromatic carbocycles. The van der Waals surface area contributed by atoms with Crippen molar-refractivity contribution in [2.24, 2.45) is 5.73 Å². The summed E-state index contributed by atoms with van der Waals surface area (Å²) in [6.07, 6.45) is 2.13. The first-order valence-corrected chi connectivity index (χ1v) is 6.94. The van der Waals surface area contributed by atoms with E-state index in [1.165, 1.54) is 6.07 Å². The zero-order chi connectivity index (χ0) is 13.9. The molecule has 3 nitrogen and oxygen atoms in total. The number of ether oxygens (including phenoxy) is 1. The maximum absolute atomic E-state index is 13.2. The Morgan fingerprint density at radius 1 is 1.58 bits per heavy atom. The summed E-state index contributed by atoms with van der Waals surface area (Å²) in [5.74, 6) is -0.410. The maximum Gasteiger partial charge on any atom is 0.141 e. The monoisotopic (exact) mass is 286 g/mol. The highest BCUT2D eigenvalue weighted by Gasteiger charge is 2.30. The highest BCUT2D eigenvalue weighted by Crippen LogP contribution is 2.26. The van der Waals surface area contributed by atoms with E-state index in [0.29, 0.717) is 6.54 Å². The summed E-state index contributed by atoms with van der Waals surface area (Å²) in [5.41, 5.74) is 6.55. The quantitative estimate of drug-likeness (QED) is 0.875. The van der Waals surface area contributed by atoms with E-state index in [1.807, 2.05) is 0 Å². The molecule has 2 unspecified atom stereocenters. The van der Waals surface area contributed by atoms with Crippen molar-refractivity contribution >= 4 is 11.6 Å². The first kappa shape index (κ1) is 14.7. The van der Waals surface area contributed by atoms with Crippen LogP contribution in [-0.4, -0.2) is 25.3 Å². The normalized spacial score (nSPS) is 24.6. The fourth-order valence-corrected chi connectivity index (χ4v) is 2.57. The van der Waals surface area contributed by atoms with Crippen LogP contribution < -0.4 is 11.1 Å². The van der Waals surface area contributed by atoms with Gasteiger partial charge in [0.25, 0.3) is 0 Å². The number of halogens is 2. The van der Waals surface area contributed by atoms with Crippen LogP contribution >= 0.6 is 11.6 Å². The van der Waals surface area contributed by atoms with Gasteiger partial charge in [-0.25, -0.2) is 4.39 Å². The van der Waals surface area contributed by atoms with Gasteiger partial charge in [-0.05, 0) is 37.5 Å². The van der Waals surface area contributed by atoms with Crippen LogP contribution in [0.15, 0.2) is 18.2 Å². The molecule has 1 saturated heterocycles. The molecule has 5 heteroatoms. The van der Waals surface area contributed by atoms with Gasteiger partial charge in [0.1, 0.15) is 5.82 Å². The lowest BCUT2D eigenvalue weighted by Crippen LogP contribution is -2.41. The number of rotatable bonds is 5. The molecule has 3 N–H and O–H groups in total. The van der Waals surface area contributed by atoms with Crippen LogP contribution in [0.5, 0.6) is 0 Å². The molecule has 19 heavy (non-hydrogen) atoms. The van der Waals surface area contributed by atoms with Crippen molar-refractivity contribution in [3.63, 3.8) is 0 Å². The van der Waals surface area contributed by atoms with Gasteiger partial charge in [0.15, 0.2) is 0 Å². The summed E-state index contributed by atoms with van der Waals surface area (Å²) in [7, 11) is 0. The third kappa shape index (κ3) is 3.66. The third-order valence-electron chi connectivity index (χ3n) is 3.60. The van der Waals surface area contributed by atoms with Gasteiger partial charge in [-0.15, -0.1) is 0 Å². The second kappa shape index (κ2) is 6.18. The molecule has 2 atom stereocenters. The first-order valence-electron chi connectivity index (χ1n) is 6.56. The predicted octanol–water partition coefficient (Wildman–Crippen LogP) is 2.64. The summed E-state index contributed by atoms with van der Waals surface area (Å²) in [4.78, 5) is 0. The number of nitrogens with two attached hydrogens (primary N) is 1. The standard InChI is InChI=1S/C14H20ClFN2O/c1-14(5-2-6-19-14)9-18-13(8-17)10-3-4-12(16)11(15)7-10/h3-4,7,13,18H,2,5-6,8-9,17H2,1H3. The lowest BCUT2D eigenvalue weighted by molar-refractivity contribution is 0.0189. The molecule has 1 aromatic rings. The molecule has 0 saturated carbocycles. The van der Waals surface area contributed by atoms with Gasteiger partial charge in [-0.2, -0.15) is 0 Å². The minimum Gasteiger partial charge on any atom is -0.374 e. The van der Waals surface area contributed by atoms with Crippen LogP contribution in [0.3, 0.4) is 0 Å². The Kier molecular flexibility index (Phi) is 4.79. The molecule has 0 aliphatic carbocycles. The summed E-state index contributed by atoms with van der Waals surface area (Å²) in [6, 6.07) is 4.66. The fourth-order valence-electron chi connectivity index (χ4n) is 2.38. The maximum atomic E-state index is 13.2. The summed E-state index contributed by atoms with van der Waals surface area (Å²) in [5, 5.41) is 3.51. The zero-order valence-electron chi connectivity index (χ0n) is 11.1. The van der Waals surface area contributed by atoms with Gasteiger partial charge < -0.3 is 15.8 Å². The summed E-state index contributed by atoms with van der Waals surface area (Å²) < 4.78 is 18.9. The molecule has 1 aliphatic rings. The van der Waals surface area contributed by atoms with E-state index in [-0.39, 0.29) is 16.7 Å². The molecule has 1 fully saturated rings. The second-order valence-electron chi connectivity index (χ2n) is 5.24. The van der Waals surface area contributed by atoms with Crippen molar-refractivity contribution < 1.29 is 9.13 Å². The molecule has 0 aromatic heterocycles. The van der Waals surface area contributed by atoms with Crippen LogP contribution in [0.4, 0.5) is 4.39 Å². The Morgan fingerprint density at radius 2 is 2.37 bits per heavy atom. The van der Waals surface area contributed by atoms with Gasteiger partial charge in [0.05, 0.1) is 10.6 Å². The van der Waals surface area contributed by atoms with Gasteiger partial charge in [0.2, 0.25) is 0 Å². The van der Waals surface area contributed by atoms with Gasteiger partial charge in [0, 0.05) is 25.7 Å². The molecule has 0 radical (unpaired) electrons. The zero-order valence-corrected chi connectivity index (χ0v) is 11.8. The minimum absolute atomic E-state index is 0.0425. The molecule has 0 bridgehead atoms. The topological polar surface area (TPSA) is 47.3 Å². The van der Waals surface area contributed by atoms with E-state index >= 15 is 0 Å². The van der Waals surface area contributed by atoms with Crippen LogP contribution in [0, 0.1) is 5.82 Å². The molecule has 1 heterocycles.